The van der Waals surface area contributed by atoms with Crippen molar-refractivity contribution in [2.24, 2.45) is 0 Å². The largest absolute Gasteiger partial charge is 0.488 e. The van der Waals surface area contributed by atoms with Crippen molar-refractivity contribution in [3.63, 3.8) is 0 Å². The molecule has 8 aromatic rings. The van der Waals surface area contributed by atoms with Crippen LogP contribution in [0.15, 0.2) is 147 Å². The monoisotopic (exact) mass is 1010 g/mol. The Morgan fingerprint density at radius 1 is 0.303 bits per heavy atom. The predicted octanol–water partition coefficient (Wildman–Crippen LogP) is 15.4. The van der Waals surface area contributed by atoms with Crippen molar-refractivity contribution in [1.29, 1.82) is 0 Å². The number of rotatable bonds is 12. The summed E-state index contributed by atoms with van der Waals surface area (Å²) < 4.78 is 29.0. The van der Waals surface area contributed by atoms with Gasteiger partial charge in [0.05, 0.1) is 0 Å². The van der Waals surface area contributed by atoms with Crippen molar-refractivity contribution < 1.29 is 18.9 Å². The minimum atomic E-state index is -0.192. The molecule has 0 N–H and O–H groups in total. The first kappa shape index (κ1) is 53.5. The highest BCUT2D eigenvalue weighted by Gasteiger charge is 2.30. The lowest BCUT2D eigenvalue weighted by molar-refractivity contribution is 0.292. The van der Waals surface area contributed by atoms with Crippen LogP contribution in [-0.4, -0.2) is 19.9 Å². The summed E-state index contributed by atoms with van der Waals surface area (Å²) in [6.07, 6.45) is 17.0. The van der Waals surface area contributed by atoms with E-state index in [1.54, 1.807) is 0 Å². The Hall–Kier alpha value is -7.32. The Balaban J connectivity index is 1.38. The minimum absolute atomic E-state index is 0.192. The highest BCUT2D eigenvalue weighted by Crippen LogP contribution is 2.45. The summed E-state index contributed by atoms with van der Waals surface area (Å²) in [5, 5.41) is 0. The number of benzene rings is 4. The summed E-state index contributed by atoms with van der Waals surface area (Å²) >= 11 is 0. The average Bonchev–Trinajstić information content (AvgIpc) is 3.41. The molecule has 4 aromatic heterocycles. The molecule has 0 unspecified atom stereocenters. The fourth-order valence-electron chi connectivity index (χ4n) is 9.92. The third kappa shape index (κ3) is 13.0. The summed E-state index contributed by atoms with van der Waals surface area (Å²) in [6.45, 7) is 29.0. The van der Waals surface area contributed by atoms with E-state index in [4.69, 9.17) is 18.9 Å². The Morgan fingerprint density at radius 3 is 0.632 bits per heavy atom. The highest BCUT2D eigenvalue weighted by molar-refractivity contribution is 5.60. The second-order valence-electron chi connectivity index (χ2n) is 24.8. The molecular weight excluding hydrogens is 937 g/mol. The molecule has 392 valence electrons. The van der Waals surface area contributed by atoms with E-state index in [1.165, 1.54) is 22.3 Å². The van der Waals surface area contributed by atoms with Gasteiger partial charge in [-0.05, 0) is 113 Å². The van der Waals surface area contributed by atoms with Gasteiger partial charge in [-0.15, -0.1) is 0 Å². The molecule has 0 radical (unpaired) electrons. The third-order valence-electron chi connectivity index (χ3n) is 14.4. The molecule has 0 amide bonds. The molecule has 76 heavy (non-hydrogen) atoms. The topological polar surface area (TPSA) is 88.5 Å². The predicted molar refractivity (Wildman–Crippen MR) is 306 cm³/mol. The smallest absolute Gasteiger partial charge is 0.126 e. The van der Waals surface area contributed by atoms with Crippen LogP contribution in [0.2, 0.25) is 0 Å². The normalized spacial score (nSPS) is 13.0. The molecule has 9 rings (SSSR count). The van der Waals surface area contributed by atoms with E-state index in [9.17, 15) is 0 Å². The van der Waals surface area contributed by atoms with E-state index in [2.05, 4.69) is 176 Å². The summed E-state index contributed by atoms with van der Waals surface area (Å²) in [7, 11) is 0. The molecule has 8 bridgehead atoms. The maximum Gasteiger partial charge on any atom is 0.126 e. The third-order valence-corrected chi connectivity index (χ3v) is 14.4. The zero-order valence-electron chi connectivity index (χ0n) is 46.9. The van der Waals surface area contributed by atoms with Gasteiger partial charge < -0.3 is 18.9 Å². The molecular formula is C68H76N4O4. The van der Waals surface area contributed by atoms with Gasteiger partial charge in [0, 0.05) is 97.5 Å². The van der Waals surface area contributed by atoms with Crippen molar-refractivity contribution in [2.45, 2.75) is 157 Å². The average molecular weight is 1010 g/mol. The summed E-state index contributed by atoms with van der Waals surface area (Å²) in [5.74, 6) is 3.43. The Labute approximate surface area is 452 Å². The Morgan fingerprint density at radius 2 is 0.487 bits per heavy atom. The van der Waals surface area contributed by atoms with Crippen LogP contribution in [0.3, 0.4) is 0 Å². The first-order chi connectivity index (χ1) is 36.2. The maximum atomic E-state index is 7.24. The second kappa shape index (κ2) is 22.1. The van der Waals surface area contributed by atoms with Crippen LogP contribution < -0.4 is 18.9 Å². The number of hydrogen-bond acceptors (Lipinski definition) is 8. The summed E-state index contributed by atoms with van der Waals surface area (Å²) in [5.41, 5.74) is 16.8. The highest BCUT2D eigenvalue weighted by atomic mass is 16.5. The Bertz CT molecular complexity index is 2740. The quantitative estimate of drug-likeness (QED) is 0.120. The molecule has 4 heterocycles. The van der Waals surface area contributed by atoms with Gasteiger partial charge in [-0.25, -0.2) is 0 Å². The van der Waals surface area contributed by atoms with Gasteiger partial charge in [-0.3, -0.25) is 19.9 Å². The number of aromatic nitrogens is 4. The first-order valence-corrected chi connectivity index (χ1v) is 26.9. The number of hydrogen-bond donors (Lipinski definition) is 0. The molecule has 4 aromatic carbocycles. The van der Waals surface area contributed by atoms with Crippen molar-refractivity contribution in [1.82, 2.24) is 19.9 Å². The number of ether oxygens (including phenoxy) is 4. The molecule has 0 saturated carbocycles. The molecule has 1 aliphatic rings. The van der Waals surface area contributed by atoms with Gasteiger partial charge in [0.15, 0.2) is 0 Å². The molecule has 8 nitrogen and oxygen atoms in total. The molecule has 0 spiro atoms. The van der Waals surface area contributed by atoms with Crippen molar-refractivity contribution in [3.8, 4) is 23.0 Å². The standard InChI is InChI=1S/C68H76N4O4/c1-65(2,3)57-29-49-25-51-31-58(66(4,5)6)33-53(62(51)74-42-46-18-14-22-70-38-46)27-55-35-60(68(10,11)12)36-56(64(55)76-44-48-20-16-24-72-40-48)28-54-34-59(67(7,8)9)32-52(63(54)75-43-47-19-15-23-71-39-47)26-50(30-57)61(49)73-41-45-17-13-21-69-37-45/h13-24,29-40H,25-28,41-44H2,1-12H3. The zero-order valence-corrected chi connectivity index (χ0v) is 46.9. The zero-order chi connectivity index (χ0) is 53.8. The van der Waals surface area contributed by atoms with Crippen LogP contribution in [0, 0.1) is 0 Å². The van der Waals surface area contributed by atoms with Gasteiger partial charge in [0.1, 0.15) is 49.4 Å². The van der Waals surface area contributed by atoms with Crippen LogP contribution in [0.25, 0.3) is 0 Å². The lowest BCUT2D eigenvalue weighted by Gasteiger charge is -2.29. The fourth-order valence-corrected chi connectivity index (χ4v) is 9.92. The molecule has 0 fully saturated rings. The Kier molecular flexibility index (Phi) is 15.6. The van der Waals surface area contributed by atoms with Crippen LogP contribution in [-0.2, 0) is 73.8 Å². The summed E-state index contributed by atoms with van der Waals surface area (Å²) in [4.78, 5) is 17.9. The lowest BCUT2D eigenvalue weighted by Crippen LogP contribution is -2.17. The molecule has 1 aliphatic carbocycles. The molecule has 0 aliphatic heterocycles. The van der Waals surface area contributed by atoms with E-state index in [0.29, 0.717) is 52.1 Å². The van der Waals surface area contributed by atoms with E-state index in [-0.39, 0.29) is 21.7 Å². The minimum Gasteiger partial charge on any atom is -0.488 e. The summed E-state index contributed by atoms with van der Waals surface area (Å²) in [6, 6.07) is 35.2. The van der Waals surface area contributed by atoms with Gasteiger partial charge in [-0.2, -0.15) is 0 Å². The van der Waals surface area contributed by atoms with Gasteiger partial charge in [0.2, 0.25) is 0 Å². The second-order valence-corrected chi connectivity index (χ2v) is 24.8. The van der Waals surface area contributed by atoms with E-state index >= 15 is 0 Å². The fraction of sp³-hybridized carbons (Fsp3) is 0.353. The van der Waals surface area contributed by atoms with Crippen LogP contribution in [0.4, 0.5) is 0 Å². The van der Waals surface area contributed by atoms with E-state index in [1.807, 2.05) is 73.8 Å². The van der Waals surface area contributed by atoms with E-state index in [0.717, 1.165) is 89.8 Å². The molecule has 0 saturated heterocycles. The number of nitrogens with zero attached hydrogens (tertiary/aromatic N) is 4. The number of fused-ring (bicyclic) bond motifs is 8. The molecule has 0 atom stereocenters. The van der Waals surface area contributed by atoms with Crippen molar-refractivity contribution in [3.05, 3.63) is 236 Å². The van der Waals surface area contributed by atoms with Crippen LogP contribution >= 0.6 is 0 Å². The van der Waals surface area contributed by atoms with Gasteiger partial charge in [0.25, 0.3) is 0 Å². The van der Waals surface area contributed by atoms with Crippen molar-refractivity contribution in [2.75, 3.05) is 0 Å². The van der Waals surface area contributed by atoms with Gasteiger partial charge >= 0.3 is 0 Å². The van der Waals surface area contributed by atoms with Crippen molar-refractivity contribution >= 4 is 0 Å². The van der Waals surface area contributed by atoms with Crippen LogP contribution in [0.1, 0.15) is 172 Å². The van der Waals surface area contributed by atoms with Gasteiger partial charge in [-0.1, -0.05) is 156 Å². The van der Waals surface area contributed by atoms with Crippen LogP contribution in [0.5, 0.6) is 23.0 Å². The number of pyridine rings is 4. The first-order valence-electron chi connectivity index (χ1n) is 26.9. The lowest BCUT2D eigenvalue weighted by atomic mass is 9.79. The van der Waals surface area contributed by atoms with E-state index < -0.39 is 0 Å². The maximum absolute atomic E-state index is 7.24. The molecule has 8 heteroatoms. The SMILES string of the molecule is CC(C)(C)c1cc2c(OCc3cccnc3)c(c1)Cc1cc(C(C)(C)C)cc(c1OCc1cccnc1)Cc1cc(C(C)(C)C)cc(c1OCc1cccnc1)Cc1cc(C(C)(C)C)cc(c1OCc1cccnc1)C2.